The third-order valence-corrected chi connectivity index (χ3v) is 6.26. The fourth-order valence-corrected chi connectivity index (χ4v) is 4.13. The average Bonchev–Trinajstić information content (AvgIpc) is 2.80. The molecule has 33 heavy (non-hydrogen) atoms. The molecule has 172 valence electrons. The largest absolute Gasteiger partial charge is 0.355 e. The van der Waals surface area contributed by atoms with Crippen molar-refractivity contribution in [3.63, 3.8) is 0 Å². The first-order valence-corrected chi connectivity index (χ1v) is 10.9. The SMILES string of the molecule is Cc1c(-c2ccc(F)cc2)nnc(N2CCC(CNC(=O)c3ccc(F)cc3F)CC2)c1C. The van der Waals surface area contributed by atoms with Crippen molar-refractivity contribution in [2.75, 3.05) is 24.5 Å². The van der Waals surface area contributed by atoms with Crippen molar-refractivity contribution >= 4 is 11.7 Å². The molecule has 8 heteroatoms. The van der Waals surface area contributed by atoms with Crippen LogP contribution in [0, 0.1) is 37.2 Å². The van der Waals surface area contributed by atoms with Crippen molar-refractivity contribution in [3.8, 4) is 11.3 Å². The molecule has 1 fully saturated rings. The van der Waals surface area contributed by atoms with Gasteiger partial charge in [0.2, 0.25) is 0 Å². The molecular formula is C25H25F3N4O. The summed E-state index contributed by atoms with van der Waals surface area (Å²) < 4.78 is 40.1. The first-order valence-electron chi connectivity index (χ1n) is 10.9. The van der Waals surface area contributed by atoms with Crippen LogP contribution in [-0.4, -0.2) is 35.7 Å². The summed E-state index contributed by atoms with van der Waals surface area (Å²) in [5, 5.41) is 11.6. The van der Waals surface area contributed by atoms with Crippen molar-refractivity contribution in [2.45, 2.75) is 26.7 Å². The first kappa shape index (κ1) is 22.8. The summed E-state index contributed by atoms with van der Waals surface area (Å²) >= 11 is 0. The number of nitrogens with one attached hydrogen (secondary N) is 1. The molecule has 4 rings (SSSR count). The number of nitrogens with zero attached hydrogens (tertiary/aromatic N) is 3. The highest BCUT2D eigenvalue weighted by atomic mass is 19.1. The summed E-state index contributed by atoms with van der Waals surface area (Å²) in [7, 11) is 0. The van der Waals surface area contributed by atoms with Gasteiger partial charge >= 0.3 is 0 Å². The Hall–Kier alpha value is -3.42. The van der Waals surface area contributed by atoms with Gasteiger partial charge in [-0.2, -0.15) is 0 Å². The van der Waals surface area contributed by atoms with Gasteiger partial charge < -0.3 is 10.2 Å². The summed E-state index contributed by atoms with van der Waals surface area (Å²) in [4.78, 5) is 14.4. The van der Waals surface area contributed by atoms with Crippen LogP contribution in [0.25, 0.3) is 11.3 Å². The monoisotopic (exact) mass is 454 g/mol. The Balaban J connectivity index is 1.36. The Labute approximate surface area is 190 Å². The van der Waals surface area contributed by atoms with Crippen LogP contribution >= 0.6 is 0 Å². The Morgan fingerprint density at radius 1 is 0.970 bits per heavy atom. The van der Waals surface area contributed by atoms with E-state index in [0.29, 0.717) is 12.6 Å². The van der Waals surface area contributed by atoms with E-state index in [1.165, 1.54) is 12.1 Å². The molecule has 2 heterocycles. The van der Waals surface area contributed by atoms with Crippen LogP contribution in [0.5, 0.6) is 0 Å². The second-order valence-electron chi connectivity index (χ2n) is 8.39. The molecular weight excluding hydrogens is 429 g/mol. The number of amides is 1. The van der Waals surface area contributed by atoms with Crippen LogP contribution in [-0.2, 0) is 0 Å². The van der Waals surface area contributed by atoms with Crippen LogP contribution < -0.4 is 10.2 Å². The van der Waals surface area contributed by atoms with E-state index in [-0.39, 0.29) is 17.3 Å². The minimum Gasteiger partial charge on any atom is -0.355 e. The quantitative estimate of drug-likeness (QED) is 0.600. The van der Waals surface area contributed by atoms with Crippen molar-refractivity contribution in [3.05, 3.63) is 76.6 Å². The highest BCUT2D eigenvalue weighted by Gasteiger charge is 2.24. The fourth-order valence-electron chi connectivity index (χ4n) is 4.13. The molecule has 3 aromatic rings. The lowest BCUT2D eigenvalue weighted by Gasteiger charge is -2.33. The van der Waals surface area contributed by atoms with Gasteiger partial charge in [-0.3, -0.25) is 4.79 Å². The number of halogens is 3. The summed E-state index contributed by atoms with van der Waals surface area (Å²) in [6.07, 6.45) is 1.68. The smallest absolute Gasteiger partial charge is 0.254 e. The van der Waals surface area contributed by atoms with Crippen molar-refractivity contribution in [1.29, 1.82) is 0 Å². The fraction of sp³-hybridized carbons (Fsp3) is 0.320. The molecule has 1 amide bonds. The van der Waals surface area contributed by atoms with Crippen molar-refractivity contribution < 1.29 is 18.0 Å². The molecule has 1 saturated heterocycles. The van der Waals surface area contributed by atoms with Crippen LogP contribution in [0.4, 0.5) is 19.0 Å². The number of anilines is 1. The Kier molecular flexibility index (Phi) is 6.62. The molecule has 0 bridgehead atoms. The van der Waals surface area contributed by atoms with Gasteiger partial charge in [-0.25, -0.2) is 13.2 Å². The number of piperidine rings is 1. The number of hydrogen-bond donors (Lipinski definition) is 1. The maximum absolute atomic E-state index is 13.8. The van der Waals surface area contributed by atoms with E-state index in [9.17, 15) is 18.0 Å². The van der Waals surface area contributed by atoms with Gasteiger partial charge in [-0.1, -0.05) is 0 Å². The van der Waals surface area contributed by atoms with E-state index in [0.717, 1.165) is 66.3 Å². The van der Waals surface area contributed by atoms with Gasteiger partial charge in [0.05, 0.1) is 11.3 Å². The van der Waals surface area contributed by atoms with Gasteiger partial charge in [-0.15, -0.1) is 10.2 Å². The van der Waals surface area contributed by atoms with E-state index >= 15 is 0 Å². The zero-order valence-corrected chi connectivity index (χ0v) is 18.5. The van der Waals surface area contributed by atoms with Crippen LogP contribution in [0.1, 0.15) is 34.3 Å². The van der Waals surface area contributed by atoms with Crippen molar-refractivity contribution in [1.82, 2.24) is 15.5 Å². The van der Waals surface area contributed by atoms with E-state index in [1.54, 1.807) is 12.1 Å². The van der Waals surface area contributed by atoms with E-state index < -0.39 is 17.5 Å². The van der Waals surface area contributed by atoms with Gasteiger partial charge in [0.25, 0.3) is 5.91 Å². The van der Waals surface area contributed by atoms with Crippen LogP contribution in [0.3, 0.4) is 0 Å². The second kappa shape index (κ2) is 9.60. The van der Waals surface area contributed by atoms with Gasteiger partial charge in [0, 0.05) is 31.3 Å². The zero-order valence-electron chi connectivity index (χ0n) is 18.5. The van der Waals surface area contributed by atoms with E-state index in [4.69, 9.17) is 0 Å². The molecule has 0 aliphatic carbocycles. The van der Waals surface area contributed by atoms with E-state index in [2.05, 4.69) is 20.4 Å². The third kappa shape index (κ3) is 4.99. The van der Waals surface area contributed by atoms with Crippen LogP contribution in [0.2, 0.25) is 0 Å². The summed E-state index contributed by atoms with van der Waals surface area (Å²) in [6.45, 7) is 5.95. The number of benzene rings is 2. The third-order valence-electron chi connectivity index (χ3n) is 6.26. The highest BCUT2D eigenvalue weighted by molar-refractivity contribution is 5.94. The number of carbonyl (C=O) groups is 1. The minimum absolute atomic E-state index is 0.156. The molecule has 5 nitrogen and oxygen atoms in total. The molecule has 0 radical (unpaired) electrons. The average molecular weight is 454 g/mol. The standard InChI is InChI=1S/C25H25F3N4O/c1-15-16(2)24(31-30-23(15)18-3-5-19(26)6-4-18)32-11-9-17(10-12-32)14-29-25(33)21-8-7-20(27)13-22(21)28/h3-8,13,17H,9-12,14H2,1-2H3,(H,29,33). The Morgan fingerprint density at radius 2 is 1.64 bits per heavy atom. The maximum Gasteiger partial charge on any atom is 0.254 e. The molecule has 0 saturated carbocycles. The molecule has 2 aromatic carbocycles. The molecule has 1 N–H and O–H groups in total. The van der Waals surface area contributed by atoms with Gasteiger partial charge in [0.15, 0.2) is 5.82 Å². The summed E-state index contributed by atoms with van der Waals surface area (Å²) in [5.41, 5.74) is 3.44. The lowest BCUT2D eigenvalue weighted by Crippen LogP contribution is -2.39. The molecule has 0 spiro atoms. The summed E-state index contributed by atoms with van der Waals surface area (Å²) in [6, 6.07) is 9.15. The Morgan fingerprint density at radius 3 is 2.30 bits per heavy atom. The van der Waals surface area contributed by atoms with E-state index in [1.807, 2.05) is 13.8 Å². The summed E-state index contributed by atoms with van der Waals surface area (Å²) in [5.74, 6) is -1.33. The Bertz CT molecular complexity index is 1160. The van der Waals surface area contributed by atoms with Gasteiger partial charge in [0.1, 0.15) is 17.5 Å². The number of carbonyl (C=O) groups excluding carboxylic acids is 1. The predicted molar refractivity (Wildman–Crippen MR) is 121 cm³/mol. The topological polar surface area (TPSA) is 58.1 Å². The molecule has 1 aliphatic heterocycles. The molecule has 0 unspecified atom stereocenters. The van der Waals surface area contributed by atoms with Crippen LogP contribution in [0.15, 0.2) is 42.5 Å². The lowest BCUT2D eigenvalue weighted by atomic mass is 9.96. The van der Waals surface area contributed by atoms with Crippen molar-refractivity contribution in [2.24, 2.45) is 5.92 Å². The first-order chi connectivity index (χ1) is 15.8. The highest BCUT2D eigenvalue weighted by Crippen LogP contribution is 2.30. The van der Waals surface area contributed by atoms with Gasteiger partial charge in [-0.05, 0) is 80.1 Å². The number of aromatic nitrogens is 2. The lowest BCUT2D eigenvalue weighted by molar-refractivity contribution is 0.0940. The zero-order chi connectivity index (χ0) is 23.5. The maximum atomic E-state index is 13.8. The predicted octanol–water partition coefficient (Wildman–Crippen LogP) is 4.82. The molecule has 0 atom stereocenters. The molecule has 1 aliphatic rings. The number of hydrogen-bond acceptors (Lipinski definition) is 4. The number of rotatable bonds is 5. The normalized spacial score (nSPS) is 14.4. The molecule has 1 aromatic heterocycles. The second-order valence-corrected chi connectivity index (χ2v) is 8.39. The minimum atomic E-state index is -0.865.